The van der Waals surface area contributed by atoms with Crippen molar-refractivity contribution in [3.63, 3.8) is 0 Å². The van der Waals surface area contributed by atoms with Crippen LogP contribution in [-0.2, 0) is 30.0 Å². The third-order valence-corrected chi connectivity index (χ3v) is 5.51. The van der Waals surface area contributed by atoms with Crippen LogP contribution in [0.25, 0.3) is 0 Å². The van der Waals surface area contributed by atoms with Crippen molar-refractivity contribution in [3.05, 3.63) is 35.9 Å². The van der Waals surface area contributed by atoms with Crippen LogP contribution < -0.4 is 0 Å². The molecule has 0 bridgehead atoms. The highest BCUT2D eigenvalue weighted by atomic mass is 31.2. The number of carboxylic acids is 1. The number of carboxylic acid groups (broad SMARTS) is 1. The SMILES string of the molecule is CCCCOP(C)(=O)CC(CCC(=O)O)C(=O)OCc1ccccc1. The number of esters is 1. The van der Waals surface area contributed by atoms with Crippen LogP contribution in [0.5, 0.6) is 0 Å². The fourth-order valence-electron chi connectivity index (χ4n) is 2.28. The molecule has 0 aliphatic carbocycles. The Morgan fingerprint density at radius 3 is 2.52 bits per heavy atom. The Labute approximate surface area is 149 Å². The second-order valence-corrected chi connectivity index (χ2v) is 8.76. The van der Waals surface area contributed by atoms with Crippen LogP contribution >= 0.6 is 7.37 Å². The zero-order valence-corrected chi connectivity index (χ0v) is 15.7. The average Bonchev–Trinajstić information content (AvgIpc) is 2.57. The standard InChI is InChI=1S/C18H27O6P/c1-3-4-12-24-25(2,22)14-16(10-11-17(19)20)18(21)23-13-15-8-6-5-7-9-15/h5-9,16H,3-4,10-14H2,1-2H3,(H,19,20). The van der Waals surface area contributed by atoms with E-state index in [2.05, 4.69) is 0 Å². The largest absolute Gasteiger partial charge is 0.481 e. The topological polar surface area (TPSA) is 89.9 Å². The summed E-state index contributed by atoms with van der Waals surface area (Å²) in [6, 6.07) is 9.21. The van der Waals surface area contributed by atoms with Crippen molar-refractivity contribution in [1.82, 2.24) is 0 Å². The summed E-state index contributed by atoms with van der Waals surface area (Å²) in [6.45, 7) is 3.96. The molecule has 1 aromatic rings. The highest BCUT2D eigenvalue weighted by Gasteiger charge is 2.29. The Morgan fingerprint density at radius 2 is 1.92 bits per heavy atom. The molecule has 0 heterocycles. The average molecular weight is 370 g/mol. The fraction of sp³-hybridized carbons (Fsp3) is 0.556. The number of carbonyl (C=O) groups excluding carboxylic acids is 1. The summed E-state index contributed by atoms with van der Waals surface area (Å²) in [6.07, 6.45) is 1.60. The lowest BCUT2D eigenvalue weighted by molar-refractivity contribution is -0.149. The molecule has 0 aliphatic heterocycles. The quantitative estimate of drug-likeness (QED) is 0.341. The maximum atomic E-state index is 12.5. The minimum Gasteiger partial charge on any atom is -0.481 e. The summed E-state index contributed by atoms with van der Waals surface area (Å²) in [5.74, 6) is -2.29. The molecule has 2 unspecified atom stereocenters. The van der Waals surface area contributed by atoms with Gasteiger partial charge >= 0.3 is 11.9 Å². The summed E-state index contributed by atoms with van der Waals surface area (Å²) in [5, 5.41) is 8.87. The van der Waals surface area contributed by atoms with Gasteiger partial charge < -0.3 is 14.4 Å². The number of hydrogen-bond donors (Lipinski definition) is 1. The highest BCUT2D eigenvalue weighted by molar-refractivity contribution is 7.58. The van der Waals surface area contributed by atoms with E-state index in [1.807, 2.05) is 37.3 Å². The summed E-state index contributed by atoms with van der Waals surface area (Å²) in [5.41, 5.74) is 0.840. The fourth-order valence-corrected chi connectivity index (χ4v) is 4.04. The lowest BCUT2D eigenvalue weighted by Gasteiger charge is -2.20. The third kappa shape index (κ3) is 9.42. The number of benzene rings is 1. The van der Waals surface area contributed by atoms with Crippen LogP contribution in [-0.4, -0.2) is 36.5 Å². The monoisotopic (exact) mass is 370 g/mol. The van der Waals surface area contributed by atoms with Gasteiger partial charge in [-0.1, -0.05) is 43.7 Å². The predicted molar refractivity (Wildman–Crippen MR) is 95.9 cm³/mol. The Morgan fingerprint density at radius 1 is 1.24 bits per heavy atom. The lowest BCUT2D eigenvalue weighted by atomic mass is 10.1. The van der Waals surface area contributed by atoms with Gasteiger partial charge in [0.2, 0.25) is 7.37 Å². The number of rotatable bonds is 12. The number of ether oxygens (including phenoxy) is 1. The van der Waals surface area contributed by atoms with Crippen LogP contribution in [0.3, 0.4) is 0 Å². The van der Waals surface area contributed by atoms with Gasteiger partial charge in [-0.15, -0.1) is 0 Å². The molecule has 0 saturated carbocycles. The minimum atomic E-state index is -2.98. The Balaban J connectivity index is 2.65. The molecular formula is C18H27O6P. The Kier molecular flexibility index (Phi) is 9.46. The number of carbonyl (C=O) groups is 2. The van der Waals surface area contributed by atoms with E-state index in [1.54, 1.807) is 0 Å². The predicted octanol–water partition coefficient (Wildman–Crippen LogP) is 3.94. The van der Waals surface area contributed by atoms with E-state index in [-0.39, 0.29) is 25.6 Å². The molecule has 140 valence electrons. The lowest BCUT2D eigenvalue weighted by Crippen LogP contribution is -2.23. The van der Waals surface area contributed by atoms with Gasteiger partial charge in [-0.3, -0.25) is 14.2 Å². The van der Waals surface area contributed by atoms with E-state index >= 15 is 0 Å². The normalized spacial score (nSPS) is 14.5. The van der Waals surface area contributed by atoms with Gasteiger partial charge in [-0.25, -0.2) is 0 Å². The molecule has 1 aromatic carbocycles. The van der Waals surface area contributed by atoms with Gasteiger partial charge in [-0.2, -0.15) is 0 Å². The first-order valence-corrected chi connectivity index (χ1v) is 10.7. The van der Waals surface area contributed by atoms with Crippen LogP contribution in [0.2, 0.25) is 0 Å². The molecule has 1 N–H and O–H groups in total. The molecule has 1 rings (SSSR count). The first-order chi connectivity index (χ1) is 11.8. The first kappa shape index (κ1) is 21.4. The second-order valence-electron chi connectivity index (χ2n) is 6.11. The Hall–Kier alpha value is -1.65. The molecule has 7 heteroatoms. The van der Waals surface area contributed by atoms with Gasteiger partial charge in [-0.05, 0) is 18.4 Å². The van der Waals surface area contributed by atoms with Crippen LogP contribution in [0.4, 0.5) is 0 Å². The molecule has 0 amide bonds. The van der Waals surface area contributed by atoms with Gasteiger partial charge in [0.1, 0.15) is 6.61 Å². The maximum Gasteiger partial charge on any atom is 0.309 e. The zero-order valence-electron chi connectivity index (χ0n) is 14.8. The second kappa shape index (κ2) is 11.1. The highest BCUT2D eigenvalue weighted by Crippen LogP contribution is 2.45. The number of unbranched alkanes of at least 4 members (excludes halogenated alkanes) is 1. The molecule has 0 spiro atoms. The zero-order chi connectivity index (χ0) is 18.7. The van der Waals surface area contributed by atoms with Crippen LogP contribution in [0, 0.1) is 5.92 Å². The maximum absolute atomic E-state index is 12.5. The van der Waals surface area contributed by atoms with E-state index in [1.165, 1.54) is 6.66 Å². The van der Waals surface area contributed by atoms with E-state index in [0.29, 0.717) is 6.61 Å². The summed E-state index contributed by atoms with van der Waals surface area (Å²) in [4.78, 5) is 23.2. The molecule has 0 aliphatic rings. The summed E-state index contributed by atoms with van der Waals surface area (Å²) < 4.78 is 23.3. The van der Waals surface area contributed by atoms with Crippen molar-refractivity contribution in [2.24, 2.45) is 5.92 Å². The van der Waals surface area contributed by atoms with Gasteiger partial charge in [0, 0.05) is 19.2 Å². The molecule has 2 atom stereocenters. The minimum absolute atomic E-state index is 0.00236. The molecule has 0 aromatic heterocycles. The molecule has 0 radical (unpaired) electrons. The molecule has 0 saturated heterocycles. The molecule has 0 fully saturated rings. The molecule has 25 heavy (non-hydrogen) atoms. The van der Waals surface area contributed by atoms with E-state index in [0.717, 1.165) is 18.4 Å². The molecular weight excluding hydrogens is 343 g/mol. The molecule has 6 nitrogen and oxygen atoms in total. The van der Waals surface area contributed by atoms with E-state index < -0.39 is 25.2 Å². The number of aliphatic carboxylic acids is 1. The number of hydrogen-bond acceptors (Lipinski definition) is 5. The van der Waals surface area contributed by atoms with Crippen molar-refractivity contribution >= 4 is 19.3 Å². The summed E-state index contributed by atoms with van der Waals surface area (Å²) >= 11 is 0. The summed E-state index contributed by atoms with van der Waals surface area (Å²) in [7, 11) is -2.98. The van der Waals surface area contributed by atoms with Crippen LogP contribution in [0.1, 0.15) is 38.2 Å². The van der Waals surface area contributed by atoms with Gasteiger partial charge in [0.25, 0.3) is 0 Å². The van der Waals surface area contributed by atoms with E-state index in [9.17, 15) is 14.2 Å². The van der Waals surface area contributed by atoms with E-state index in [4.69, 9.17) is 14.4 Å². The Bertz CT molecular complexity index is 586. The smallest absolute Gasteiger partial charge is 0.309 e. The van der Waals surface area contributed by atoms with Crippen LogP contribution in [0.15, 0.2) is 30.3 Å². The van der Waals surface area contributed by atoms with Crippen molar-refractivity contribution in [1.29, 1.82) is 0 Å². The van der Waals surface area contributed by atoms with Crippen molar-refractivity contribution < 1.29 is 28.5 Å². The van der Waals surface area contributed by atoms with Crippen molar-refractivity contribution in [2.45, 2.75) is 39.2 Å². The van der Waals surface area contributed by atoms with Gasteiger partial charge in [0.05, 0.1) is 12.5 Å². The van der Waals surface area contributed by atoms with Crippen molar-refractivity contribution in [3.8, 4) is 0 Å². The third-order valence-electron chi connectivity index (χ3n) is 3.68. The van der Waals surface area contributed by atoms with Crippen molar-refractivity contribution in [2.75, 3.05) is 19.4 Å². The van der Waals surface area contributed by atoms with Gasteiger partial charge in [0.15, 0.2) is 0 Å². The first-order valence-electron chi connectivity index (χ1n) is 8.47.